The molecule has 1 fully saturated rings. The molecule has 0 aromatic heterocycles. The van der Waals surface area contributed by atoms with Gasteiger partial charge in [-0.1, -0.05) is 0 Å². The van der Waals surface area contributed by atoms with Crippen LogP contribution in [-0.4, -0.2) is 34.7 Å². The summed E-state index contributed by atoms with van der Waals surface area (Å²) in [5, 5.41) is 8.29. The molecule has 0 aromatic carbocycles. The lowest BCUT2D eigenvalue weighted by atomic mass is 10.2. The number of aliphatic hydroxyl groups is 1. The topological polar surface area (TPSA) is 32.8 Å². The van der Waals surface area contributed by atoms with Crippen molar-refractivity contribution in [2.75, 3.05) is 6.61 Å². The van der Waals surface area contributed by atoms with Gasteiger partial charge in [0, 0.05) is 5.38 Å². The third-order valence-corrected chi connectivity index (χ3v) is 2.58. The molecule has 4 heteroatoms. The van der Waals surface area contributed by atoms with E-state index >= 15 is 0 Å². The van der Waals surface area contributed by atoms with Gasteiger partial charge in [0.25, 0.3) is 0 Å². The molecule has 0 radical (unpaired) electrons. The number of epoxide rings is 1. The molecule has 10 heavy (non-hydrogen) atoms. The summed E-state index contributed by atoms with van der Waals surface area (Å²) in [4.78, 5) is 0. The minimum absolute atomic E-state index is 0.0392. The van der Waals surface area contributed by atoms with Crippen molar-refractivity contribution in [3.05, 3.63) is 0 Å². The molecule has 1 aliphatic rings. The molecule has 1 saturated heterocycles. The summed E-state index contributed by atoms with van der Waals surface area (Å²) < 4.78 is 5.02. The van der Waals surface area contributed by atoms with E-state index in [1.165, 1.54) is 0 Å². The van der Waals surface area contributed by atoms with Gasteiger partial charge < -0.3 is 9.84 Å². The zero-order valence-corrected chi connectivity index (χ0v) is 7.14. The van der Waals surface area contributed by atoms with Crippen molar-refractivity contribution in [2.45, 2.75) is 29.9 Å². The van der Waals surface area contributed by atoms with Crippen LogP contribution in [0.3, 0.4) is 0 Å². The Morgan fingerprint density at radius 1 is 1.60 bits per heavy atom. The highest BCUT2D eigenvalue weighted by molar-refractivity contribution is 6.30. The summed E-state index contributed by atoms with van der Waals surface area (Å²) in [5.41, 5.74) is 0. The van der Waals surface area contributed by atoms with Crippen LogP contribution in [0.1, 0.15) is 6.92 Å². The molecule has 2 nitrogen and oxygen atoms in total. The van der Waals surface area contributed by atoms with Gasteiger partial charge in [-0.25, -0.2) is 0 Å². The maximum Gasteiger partial charge on any atom is 0.109 e. The molecule has 0 bridgehead atoms. The summed E-state index contributed by atoms with van der Waals surface area (Å²) in [6, 6.07) is 0. The van der Waals surface area contributed by atoms with E-state index in [2.05, 4.69) is 0 Å². The van der Waals surface area contributed by atoms with Crippen molar-refractivity contribution in [1.82, 2.24) is 0 Å². The molecule has 0 amide bonds. The van der Waals surface area contributed by atoms with E-state index in [9.17, 15) is 0 Å². The van der Waals surface area contributed by atoms with Crippen LogP contribution in [0.15, 0.2) is 0 Å². The molecule has 1 heterocycles. The lowest BCUT2D eigenvalue weighted by Crippen LogP contribution is -2.20. The van der Waals surface area contributed by atoms with Crippen LogP contribution in [-0.2, 0) is 4.74 Å². The second kappa shape index (κ2) is 3.26. The Morgan fingerprint density at radius 3 is 2.50 bits per heavy atom. The molecule has 60 valence electrons. The van der Waals surface area contributed by atoms with E-state index in [1.54, 1.807) is 0 Å². The number of halogens is 2. The largest absolute Gasteiger partial charge is 0.394 e. The van der Waals surface area contributed by atoms with E-state index < -0.39 is 0 Å². The highest BCUT2D eigenvalue weighted by Gasteiger charge is 2.45. The van der Waals surface area contributed by atoms with E-state index in [0.29, 0.717) is 0 Å². The van der Waals surface area contributed by atoms with Gasteiger partial charge in [-0.2, -0.15) is 0 Å². The Morgan fingerprint density at radius 2 is 2.20 bits per heavy atom. The molecule has 4 atom stereocenters. The second-order valence-electron chi connectivity index (χ2n) is 2.44. The predicted molar refractivity (Wildman–Crippen MR) is 40.7 cm³/mol. The second-order valence-corrected chi connectivity index (χ2v) is 3.64. The summed E-state index contributed by atoms with van der Waals surface area (Å²) in [6.07, 6.45) is -0.122. The van der Waals surface area contributed by atoms with Crippen molar-refractivity contribution in [3.63, 3.8) is 0 Å². The monoisotopic (exact) mass is 184 g/mol. The minimum atomic E-state index is -0.182. The summed E-state index contributed by atoms with van der Waals surface area (Å²) in [7, 11) is 0. The maximum absolute atomic E-state index is 8.58. The first-order valence-corrected chi connectivity index (χ1v) is 4.08. The number of ether oxygens (including phenoxy) is 1. The molecule has 0 saturated carbocycles. The third kappa shape index (κ3) is 1.76. The van der Waals surface area contributed by atoms with Crippen LogP contribution >= 0.6 is 23.2 Å². The molecule has 0 spiro atoms. The Bertz CT molecular complexity index is 118. The molecule has 0 aromatic rings. The molecule has 0 aliphatic carbocycles. The van der Waals surface area contributed by atoms with Gasteiger partial charge >= 0.3 is 0 Å². The van der Waals surface area contributed by atoms with Crippen LogP contribution in [0, 0.1) is 0 Å². The molecular formula is C6H10Cl2O2. The van der Waals surface area contributed by atoms with Crippen LogP contribution in [0.5, 0.6) is 0 Å². The summed E-state index contributed by atoms with van der Waals surface area (Å²) in [6.45, 7) is 1.85. The van der Waals surface area contributed by atoms with Gasteiger partial charge in [0.2, 0.25) is 0 Å². The van der Waals surface area contributed by atoms with Crippen LogP contribution < -0.4 is 0 Å². The maximum atomic E-state index is 8.58. The predicted octanol–water partition coefficient (Wildman–Crippen LogP) is 0.981. The third-order valence-electron chi connectivity index (χ3n) is 1.55. The Kier molecular flexibility index (Phi) is 2.81. The summed E-state index contributed by atoms with van der Waals surface area (Å²) >= 11 is 11.5. The molecular weight excluding hydrogens is 175 g/mol. The highest BCUT2D eigenvalue weighted by atomic mass is 35.5. The van der Waals surface area contributed by atoms with Gasteiger partial charge in [-0.3, -0.25) is 0 Å². The number of hydrogen-bond acceptors (Lipinski definition) is 2. The lowest BCUT2D eigenvalue weighted by molar-refractivity contribution is 0.242. The number of alkyl halides is 2. The van der Waals surface area contributed by atoms with E-state index in [1.807, 2.05) is 6.92 Å². The van der Waals surface area contributed by atoms with Crippen molar-refractivity contribution >= 4 is 23.2 Å². The number of aliphatic hydroxyl groups excluding tert-OH is 1. The first kappa shape index (κ1) is 8.60. The van der Waals surface area contributed by atoms with Gasteiger partial charge in [-0.05, 0) is 6.92 Å². The fourth-order valence-electron chi connectivity index (χ4n) is 0.845. The molecule has 1 N–H and O–H groups in total. The van der Waals surface area contributed by atoms with Crippen LogP contribution in [0.4, 0.5) is 0 Å². The van der Waals surface area contributed by atoms with Crippen molar-refractivity contribution in [1.29, 1.82) is 0 Å². The first-order valence-electron chi connectivity index (χ1n) is 3.21. The van der Waals surface area contributed by atoms with Crippen LogP contribution in [0.2, 0.25) is 0 Å². The first-order chi connectivity index (χ1) is 4.66. The average molecular weight is 185 g/mol. The van der Waals surface area contributed by atoms with Crippen LogP contribution in [0.25, 0.3) is 0 Å². The number of hydrogen-bond donors (Lipinski definition) is 1. The quantitative estimate of drug-likeness (QED) is 0.525. The fraction of sp³-hybridized carbons (Fsp3) is 1.00. The Hall–Kier alpha value is 0.500. The van der Waals surface area contributed by atoms with E-state index in [-0.39, 0.29) is 29.6 Å². The SMILES string of the molecule is CC(Cl)C(Cl)[C@@H]1O[C@@H]1CO. The van der Waals surface area contributed by atoms with Crippen molar-refractivity contribution in [3.8, 4) is 0 Å². The molecule has 2 unspecified atom stereocenters. The van der Waals surface area contributed by atoms with Crippen molar-refractivity contribution < 1.29 is 9.84 Å². The number of rotatable bonds is 3. The van der Waals surface area contributed by atoms with Gasteiger partial charge in [0.1, 0.15) is 12.2 Å². The lowest BCUT2D eigenvalue weighted by Gasteiger charge is -2.06. The molecule has 1 rings (SSSR count). The highest BCUT2D eigenvalue weighted by Crippen LogP contribution is 2.31. The van der Waals surface area contributed by atoms with Gasteiger partial charge in [0.05, 0.1) is 12.0 Å². The van der Waals surface area contributed by atoms with Gasteiger partial charge in [-0.15, -0.1) is 23.2 Å². The Labute approximate surface area is 70.1 Å². The fourth-order valence-corrected chi connectivity index (χ4v) is 1.21. The summed E-state index contributed by atoms with van der Waals surface area (Å²) in [5.74, 6) is 0. The normalized spacial score (nSPS) is 37.2. The zero-order chi connectivity index (χ0) is 7.72. The minimum Gasteiger partial charge on any atom is -0.394 e. The smallest absolute Gasteiger partial charge is 0.109 e. The van der Waals surface area contributed by atoms with E-state index in [0.717, 1.165) is 0 Å². The Balaban J connectivity index is 2.25. The van der Waals surface area contributed by atoms with Gasteiger partial charge in [0.15, 0.2) is 0 Å². The van der Waals surface area contributed by atoms with E-state index in [4.69, 9.17) is 33.0 Å². The zero-order valence-electron chi connectivity index (χ0n) is 5.63. The van der Waals surface area contributed by atoms with Crippen molar-refractivity contribution in [2.24, 2.45) is 0 Å². The standard InChI is InChI=1S/C6H10Cl2O2/c1-3(7)5(8)6-4(2-9)10-6/h3-6,9H,2H2,1H3/t3?,4-,5?,6-/m1/s1. The molecule has 1 aliphatic heterocycles. The average Bonchev–Trinajstić information content (AvgIpc) is 2.64.